The van der Waals surface area contributed by atoms with E-state index in [9.17, 15) is 9.59 Å². The number of nitrogens with one attached hydrogen (secondary N) is 1. The molecule has 0 aromatic heterocycles. The highest BCUT2D eigenvalue weighted by atomic mass is 16.5. The van der Waals surface area contributed by atoms with Crippen LogP contribution < -0.4 is 10.1 Å². The van der Waals surface area contributed by atoms with E-state index >= 15 is 0 Å². The van der Waals surface area contributed by atoms with E-state index in [-0.39, 0.29) is 23.3 Å². The van der Waals surface area contributed by atoms with Crippen LogP contribution in [0.25, 0.3) is 0 Å². The molecule has 34 heavy (non-hydrogen) atoms. The molecule has 1 aromatic rings. The van der Waals surface area contributed by atoms with E-state index in [2.05, 4.69) is 26.1 Å². The van der Waals surface area contributed by atoms with Gasteiger partial charge in [0.2, 0.25) is 0 Å². The smallest absolute Gasteiger partial charge is 0.337 e. The largest absolute Gasteiger partial charge is 0.493 e. The molecule has 0 bridgehead atoms. The number of rotatable bonds is 7. The summed E-state index contributed by atoms with van der Waals surface area (Å²) in [5.41, 5.74) is 3.71. The summed E-state index contributed by atoms with van der Waals surface area (Å²) in [6.07, 6.45) is 8.38. The van der Waals surface area contributed by atoms with E-state index in [1.807, 2.05) is 31.2 Å². The van der Waals surface area contributed by atoms with Crippen molar-refractivity contribution in [3.63, 3.8) is 0 Å². The lowest BCUT2D eigenvalue weighted by molar-refractivity contribution is -0.146. The molecule has 0 spiro atoms. The Hall–Kier alpha value is -2.56. The van der Waals surface area contributed by atoms with Crippen LogP contribution >= 0.6 is 0 Å². The first kappa shape index (κ1) is 24.6. The van der Waals surface area contributed by atoms with Crippen molar-refractivity contribution < 1.29 is 19.1 Å². The number of ketones is 1. The van der Waals surface area contributed by atoms with Gasteiger partial charge in [-0.2, -0.15) is 0 Å². The van der Waals surface area contributed by atoms with E-state index in [1.165, 1.54) is 6.42 Å². The Bertz CT molecular complexity index is 997. The fraction of sp³-hybridized carbons (Fsp3) is 0.586. The van der Waals surface area contributed by atoms with E-state index < -0.39 is 5.92 Å². The van der Waals surface area contributed by atoms with Crippen molar-refractivity contribution in [1.29, 1.82) is 0 Å². The van der Waals surface area contributed by atoms with Crippen LogP contribution in [0.15, 0.2) is 46.8 Å². The normalized spacial score (nSPS) is 22.8. The molecule has 1 unspecified atom stereocenters. The van der Waals surface area contributed by atoms with Gasteiger partial charge in [-0.25, -0.2) is 4.79 Å². The molecule has 5 heteroatoms. The molecule has 5 nitrogen and oxygen atoms in total. The lowest BCUT2D eigenvalue weighted by Gasteiger charge is -2.40. The van der Waals surface area contributed by atoms with Gasteiger partial charge in [-0.3, -0.25) is 4.79 Å². The monoisotopic (exact) mass is 465 g/mol. The Balaban J connectivity index is 1.77. The predicted molar refractivity (Wildman–Crippen MR) is 133 cm³/mol. The van der Waals surface area contributed by atoms with E-state index in [4.69, 9.17) is 9.47 Å². The number of para-hydroxylation sites is 1. The molecule has 1 atom stereocenters. The summed E-state index contributed by atoms with van der Waals surface area (Å²) in [7, 11) is 0. The van der Waals surface area contributed by atoms with Gasteiger partial charge in [0.05, 0.1) is 18.1 Å². The summed E-state index contributed by atoms with van der Waals surface area (Å²) in [5.74, 6) is 0.0499. The van der Waals surface area contributed by atoms with Crippen molar-refractivity contribution in [2.45, 2.75) is 97.5 Å². The lowest BCUT2D eigenvalue weighted by Crippen LogP contribution is -2.39. The molecule has 1 aromatic carbocycles. The molecule has 1 N–H and O–H groups in total. The van der Waals surface area contributed by atoms with E-state index in [0.29, 0.717) is 24.2 Å². The summed E-state index contributed by atoms with van der Waals surface area (Å²) in [6.45, 7) is 8.92. The van der Waals surface area contributed by atoms with Crippen LogP contribution in [0.1, 0.15) is 97.0 Å². The second-order valence-electron chi connectivity index (χ2n) is 10.8. The van der Waals surface area contributed by atoms with Gasteiger partial charge in [-0.1, -0.05) is 51.8 Å². The number of hydrogen-bond donors (Lipinski definition) is 1. The SMILES string of the molecule is CCCCOc1ccccc1C1C(C(=O)OC2CCCCC2)=C(C)NC2=C1C(=O)CC(C)(C)C2. The van der Waals surface area contributed by atoms with Gasteiger partial charge in [0.25, 0.3) is 0 Å². The maximum absolute atomic E-state index is 13.6. The molecule has 1 aliphatic heterocycles. The number of benzene rings is 1. The number of carbonyl (C=O) groups is 2. The number of esters is 1. The summed E-state index contributed by atoms with van der Waals surface area (Å²) in [5, 5.41) is 3.44. The quantitative estimate of drug-likeness (QED) is 0.376. The fourth-order valence-corrected chi connectivity index (χ4v) is 5.59. The second kappa shape index (κ2) is 10.4. The maximum Gasteiger partial charge on any atom is 0.337 e. The highest BCUT2D eigenvalue weighted by molar-refractivity contribution is 6.04. The number of hydrogen-bond acceptors (Lipinski definition) is 5. The molecule has 0 amide bonds. The Kier molecular flexibility index (Phi) is 7.49. The van der Waals surface area contributed by atoms with Crippen LogP contribution in [-0.4, -0.2) is 24.5 Å². The minimum absolute atomic E-state index is 0.0467. The van der Waals surface area contributed by atoms with Gasteiger partial charge in [0.1, 0.15) is 11.9 Å². The molecule has 1 saturated carbocycles. The predicted octanol–water partition coefficient (Wildman–Crippen LogP) is 6.35. The summed E-state index contributed by atoms with van der Waals surface area (Å²) < 4.78 is 12.2. The third kappa shape index (κ3) is 5.24. The van der Waals surface area contributed by atoms with E-state index in [0.717, 1.165) is 67.7 Å². The first-order chi connectivity index (χ1) is 16.3. The zero-order valence-corrected chi connectivity index (χ0v) is 21.2. The van der Waals surface area contributed by atoms with Crippen molar-refractivity contribution in [3.8, 4) is 5.75 Å². The zero-order valence-electron chi connectivity index (χ0n) is 21.2. The van der Waals surface area contributed by atoms with Crippen LogP contribution in [0.2, 0.25) is 0 Å². The van der Waals surface area contributed by atoms with Crippen molar-refractivity contribution in [2.75, 3.05) is 6.61 Å². The number of Topliss-reactive ketones (excluding diaryl/α,β-unsaturated/α-hetero) is 1. The molecular formula is C29H39NO4. The Morgan fingerprint density at radius 3 is 2.59 bits per heavy atom. The highest BCUT2D eigenvalue weighted by Gasteiger charge is 2.44. The van der Waals surface area contributed by atoms with Crippen LogP contribution in [0.3, 0.4) is 0 Å². The Morgan fingerprint density at radius 2 is 1.85 bits per heavy atom. The Morgan fingerprint density at radius 1 is 1.12 bits per heavy atom. The summed E-state index contributed by atoms with van der Waals surface area (Å²) in [4.78, 5) is 27.2. The molecule has 184 valence electrons. The number of carbonyl (C=O) groups excluding carboxylic acids is 2. The average molecular weight is 466 g/mol. The van der Waals surface area contributed by atoms with Crippen molar-refractivity contribution >= 4 is 11.8 Å². The minimum atomic E-state index is -0.478. The zero-order chi connectivity index (χ0) is 24.3. The lowest BCUT2D eigenvalue weighted by atomic mass is 9.68. The number of unbranched alkanes of at least 4 members (excludes halogenated alkanes) is 1. The maximum atomic E-state index is 13.6. The van der Waals surface area contributed by atoms with Crippen molar-refractivity contribution in [2.24, 2.45) is 5.41 Å². The number of dihydropyridines is 1. The number of ether oxygens (including phenoxy) is 2. The fourth-order valence-electron chi connectivity index (χ4n) is 5.59. The molecule has 1 fully saturated rings. The highest BCUT2D eigenvalue weighted by Crippen LogP contribution is 2.48. The van der Waals surface area contributed by atoms with Crippen molar-refractivity contribution in [1.82, 2.24) is 5.32 Å². The van der Waals surface area contributed by atoms with E-state index in [1.54, 1.807) is 0 Å². The third-order valence-electron chi connectivity index (χ3n) is 7.27. The first-order valence-corrected chi connectivity index (χ1v) is 13.0. The van der Waals surface area contributed by atoms with Gasteiger partial charge in [0, 0.05) is 29.0 Å². The molecule has 4 rings (SSSR count). The third-order valence-corrected chi connectivity index (χ3v) is 7.27. The van der Waals surface area contributed by atoms with Gasteiger partial charge in [-0.05, 0) is 56.9 Å². The molecule has 3 aliphatic rings. The van der Waals surface area contributed by atoms with Crippen molar-refractivity contribution in [3.05, 3.63) is 52.4 Å². The molecule has 0 radical (unpaired) electrons. The van der Waals surface area contributed by atoms with Gasteiger partial charge in [0.15, 0.2) is 5.78 Å². The second-order valence-corrected chi connectivity index (χ2v) is 10.8. The molecular weight excluding hydrogens is 426 g/mol. The molecule has 1 heterocycles. The summed E-state index contributed by atoms with van der Waals surface area (Å²) >= 11 is 0. The first-order valence-electron chi connectivity index (χ1n) is 13.0. The number of allylic oxidation sites excluding steroid dienone is 3. The van der Waals surface area contributed by atoms with Gasteiger partial charge < -0.3 is 14.8 Å². The summed E-state index contributed by atoms with van der Waals surface area (Å²) in [6, 6.07) is 7.85. The van der Waals surface area contributed by atoms with Gasteiger partial charge >= 0.3 is 5.97 Å². The topological polar surface area (TPSA) is 64.6 Å². The van der Waals surface area contributed by atoms with Gasteiger partial charge in [-0.15, -0.1) is 0 Å². The van der Waals surface area contributed by atoms with Crippen LogP contribution in [0, 0.1) is 5.41 Å². The minimum Gasteiger partial charge on any atom is -0.493 e. The Labute approximate surface area is 204 Å². The average Bonchev–Trinajstić information content (AvgIpc) is 2.78. The molecule has 0 saturated heterocycles. The van der Waals surface area contributed by atoms with Crippen LogP contribution in [-0.2, 0) is 14.3 Å². The molecule has 2 aliphatic carbocycles. The van der Waals surface area contributed by atoms with Crippen LogP contribution in [0.4, 0.5) is 0 Å². The standard InChI is InChI=1S/C29H39NO4/c1-5-6-16-33-24-15-11-10-14-21(24)26-25(28(32)34-20-12-8-7-9-13-20)19(2)30-22-17-29(3,4)18-23(31)27(22)26/h10-11,14-15,20,26,30H,5-9,12-13,16-18H2,1-4H3. The van der Waals surface area contributed by atoms with Crippen LogP contribution in [0.5, 0.6) is 5.75 Å².